The van der Waals surface area contributed by atoms with E-state index in [1.807, 2.05) is 80.7 Å². The van der Waals surface area contributed by atoms with Crippen molar-refractivity contribution in [2.24, 2.45) is 10.4 Å². The van der Waals surface area contributed by atoms with Crippen LogP contribution < -0.4 is 0 Å². The van der Waals surface area contributed by atoms with Crippen molar-refractivity contribution in [1.29, 1.82) is 0 Å². The van der Waals surface area contributed by atoms with Crippen LogP contribution in [0.4, 0.5) is 0 Å². The van der Waals surface area contributed by atoms with Gasteiger partial charge in [-0.2, -0.15) is 0 Å². The standard InChI is InChI=1S/C25H33NO3/c1-5-25(24(3,4)28,23(27)29-19-22-14-10-7-11-15-22)17-16-20(2)26-18-21-12-8-6-9-13-21/h6-15,18,20,28H,5,16-17,19H2,1-4H3/t20-,25?/m0/s1. The minimum absolute atomic E-state index is 0.0328. The van der Waals surface area contributed by atoms with Crippen LogP contribution in [0.15, 0.2) is 65.7 Å². The number of hydrogen-bond donors (Lipinski definition) is 1. The van der Waals surface area contributed by atoms with Gasteiger partial charge in [0, 0.05) is 12.3 Å². The predicted molar refractivity (Wildman–Crippen MR) is 118 cm³/mol. The number of carbonyl (C=O) groups excluding carboxylic acids is 1. The summed E-state index contributed by atoms with van der Waals surface area (Å²) >= 11 is 0. The molecule has 4 nitrogen and oxygen atoms in total. The lowest BCUT2D eigenvalue weighted by atomic mass is 9.68. The molecule has 2 rings (SSSR count). The first-order valence-electron chi connectivity index (χ1n) is 10.3. The van der Waals surface area contributed by atoms with Crippen LogP contribution in [-0.2, 0) is 16.1 Å². The fourth-order valence-corrected chi connectivity index (χ4v) is 3.55. The van der Waals surface area contributed by atoms with Gasteiger partial charge in [0.1, 0.15) is 6.61 Å². The number of hydrogen-bond acceptors (Lipinski definition) is 4. The third kappa shape index (κ3) is 6.26. The molecule has 0 fully saturated rings. The van der Waals surface area contributed by atoms with E-state index in [1.54, 1.807) is 13.8 Å². The lowest BCUT2D eigenvalue weighted by molar-refractivity contribution is -0.175. The first kappa shape index (κ1) is 22.8. The summed E-state index contributed by atoms with van der Waals surface area (Å²) < 4.78 is 5.64. The zero-order valence-electron chi connectivity index (χ0n) is 18.0. The topological polar surface area (TPSA) is 58.9 Å². The molecule has 0 spiro atoms. The van der Waals surface area contributed by atoms with Crippen LogP contribution in [0.25, 0.3) is 0 Å². The van der Waals surface area contributed by atoms with Gasteiger partial charge in [-0.1, -0.05) is 67.6 Å². The maximum absolute atomic E-state index is 13.1. The Hall–Kier alpha value is -2.46. The average Bonchev–Trinajstić information content (AvgIpc) is 2.72. The number of rotatable bonds is 10. The molecule has 0 radical (unpaired) electrons. The van der Waals surface area contributed by atoms with Crippen molar-refractivity contribution < 1.29 is 14.6 Å². The Bertz CT molecular complexity index is 781. The lowest BCUT2D eigenvalue weighted by Gasteiger charge is -2.41. The van der Waals surface area contributed by atoms with Crippen molar-refractivity contribution in [2.45, 2.75) is 65.2 Å². The summed E-state index contributed by atoms with van der Waals surface area (Å²) in [7, 11) is 0. The van der Waals surface area contributed by atoms with Gasteiger partial charge in [-0.25, -0.2) is 0 Å². The number of benzene rings is 2. The number of esters is 1. The predicted octanol–water partition coefficient (Wildman–Crippen LogP) is 5.18. The highest BCUT2D eigenvalue weighted by Gasteiger charge is 2.50. The molecule has 0 saturated heterocycles. The zero-order valence-corrected chi connectivity index (χ0v) is 18.0. The molecule has 0 saturated carbocycles. The fraction of sp³-hybridized carbons (Fsp3) is 0.440. The van der Waals surface area contributed by atoms with E-state index in [-0.39, 0.29) is 18.6 Å². The van der Waals surface area contributed by atoms with Gasteiger partial charge in [-0.3, -0.25) is 9.79 Å². The molecule has 2 aromatic carbocycles. The minimum Gasteiger partial charge on any atom is -0.460 e. The van der Waals surface area contributed by atoms with Gasteiger partial charge in [0.15, 0.2) is 0 Å². The highest BCUT2D eigenvalue weighted by molar-refractivity contribution is 5.79. The Morgan fingerprint density at radius 1 is 1.10 bits per heavy atom. The van der Waals surface area contributed by atoms with Crippen LogP contribution in [0.3, 0.4) is 0 Å². The monoisotopic (exact) mass is 395 g/mol. The smallest absolute Gasteiger partial charge is 0.315 e. The first-order valence-corrected chi connectivity index (χ1v) is 10.3. The van der Waals surface area contributed by atoms with Crippen LogP contribution in [0.2, 0.25) is 0 Å². The van der Waals surface area contributed by atoms with E-state index in [4.69, 9.17) is 4.74 Å². The van der Waals surface area contributed by atoms with Crippen molar-refractivity contribution in [3.63, 3.8) is 0 Å². The van der Waals surface area contributed by atoms with Crippen LogP contribution in [0.1, 0.15) is 58.1 Å². The molecular weight excluding hydrogens is 362 g/mol. The summed E-state index contributed by atoms with van der Waals surface area (Å²) in [5.74, 6) is -0.351. The third-order valence-electron chi connectivity index (χ3n) is 5.64. The second-order valence-corrected chi connectivity index (χ2v) is 8.13. The molecule has 1 N–H and O–H groups in total. The van der Waals surface area contributed by atoms with E-state index in [2.05, 4.69) is 4.99 Å². The SMILES string of the molecule is CCC(CC[C@H](C)N=Cc1ccccc1)(C(=O)OCc1ccccc1)C(C)(C)O. The molecule has 0 amide bonds. The van der Waals surface area contributed by atoms with E-state index in [1.165, 1.54) is 0 Å². The molecule has 0 bridgehead atoms. The fourth-order valence-electron chi connectivity index (χ4n) is 3.55. The molecule has 4 heteroatoms. The Kier molecular flexibility index (Phi) is 8.15. The summed E-state index contributed by atoms with van der Waals surface area (Å²) in [5, 5.41) is 10.9. The molecule has 156 valence electrons. The molecule has 2 atom stereocenters. The second-order valence-electron chi connectivity index (χ2n) is 8.13. The van der Waals surface area contributed by atoms with E-state index in [9.17, 15) is 9.90 Å². The highest BCUT2D eigenvalue weighted by Crippen LogP contribution is 2.41. The Morgan fingerprint density at radius 3 is 2.24 bits per heavy atom. The van der Waals surface area contributed by atoms with Crippen molar-refractivity contribution in [3.8, 4) is 0 Å². The van der Waals surface area contributed by atoms with Crippen LogP contribution in [0.5, 0.6) is 0 Å². The summed E-state index contributed by atoms with van der Waals surface area (Å²) in [5.41, 5.74) is -0.190. The number of aliphatic hydroxyl groups is 1. The highest BCUT2D eigenvalue weighted by atomic mass is 16.5. The second kappa shape index (κ2) is 10.4. The lowest BCUT2D eigenvalue weighted by Crippen LogP contribution is -2.50. The number of nitrogens with zero attached hydrogens (tertiary/aromatic N) is 1. The number of aliphatic imine (C=N–C) groups is 1. The van der Waals surface area contributed by atoms with E-state index >= 15 is 0 Å². The van der Waals surface area contributed by atoms with Gasteiger partial charge >= 0.3 is 5.97 Å². The summed E-state index contributed by atoms with van der Waals surface area (Å²) in [6.07, 6.45) is 3.55. The van der Waals surface area contributed by atoms with Gasteiger partial charge in [0.25, 0.3) is 0 Å². The van der Waals surface area contributed by atoms with E-state index < -0.39 is 11.0 Å². The summed E-state index contributed by atoms with van der Waals surface area (Å²) in [6, 6.07) is 19.6. The van der Waals surface area contributed by atoms with Crippen molar-refractivity contribution in [1.82, 2.24) is 0 Å². The largest absolute Gasteiger partial charge is 0.460 e. The van der Waals surface area contributed by atoms with Gasteiger partial charge in [-0.05, 0) is 51.2 Å². The maximum Gasteiger partial charge on any atom is 0.315 e. The molecule has 0 aromatic heterocycles. The van der Waals surface area contributed by atoms with E-state index in [0.29, 0.717) is 19.3 Å². The molecule has 2 aromatic rings. The van der Waals surface area contributed by atoms with Gasteiger partial charge in [0.2, 0.25) is 0 Å². The number of ether oxygens (including phenoxy) is 1. The van der Waals surface area contributed by atoms with Crippen LogP contribution in [0, 0.1) is 5.41 Å². The van der Waals surface area contributed by atoms with Crippen molar-refractivity contribution >= 4 is 12.2 Å². The molecule has 0 aliphatic carbocycles. The molecule has 1 unspecified atom stereocenters. The first-order chi connectivity index (χ1) is 13.8. The number of carbonyl (C=O) groups is 1. The maximum atomic E-state index is 13.1. The van der Waals surface area contributed by atoms with Gasteiger partial charge < -0.3 is 9.84 Å². The molecule has 0 heterocycles. The quantitative estimate of drug-likeness (QED) is 0.445. The Balaban J connectivity index is 2.06. The minimum atomic E-state index is -1.20. The molecule has 0 aliphatic heterocycles. The van der Waals surface area contributed by atoms with E-state index in [0.717, 1.165) is 11.1 Å². The van der Waals surface area contributed by atoms with Gasteiger partial charge in [-0.15, -0.1) is 0 Å². The van der Waals surface area contributed by atoms with Crippen LogP contribution in [-0.4, -0.2) is 28.9 Å². The molecule has 29 heavy (non-hydrogen) atoms. The van der Waals surface area contributed by atoms with Gasteiger partial charge in [0.05, 0.1) is 11.0 Å². The zero-order chi connectivity index (χ0) is 21.3. The summed E-state index contributed by atoms with van der Waals surface area (Å²) in [4.78, 5) is 17.7. The normalized spacial score (nSPS) is 15.1. The molecule has 0 aliphatic rings. The van der Waals surface area contributed by atoms with Crippen molar-refractivity contribution in [2.75, 3.05) is 0 Å². The summed E-state index contributed by atoms with van der Waals surface area (Å²) in [6.45, 7) is 7.55. The Labute approximate surface area is 174 Å². The van der Waals surface area contributed by atoms with Crippen molar-refractivity contribution in [3.05, 3.63) is 71.8 Å². The Morgan fingerprint density at radius 2 is 1.69 bits per heavy atom. The molecular formula is C25H33NO3. The third-order valence-corrected chi connectivity index (χ3v) is 5.64. The average molecular weight is 396 g/mol. The van der Waals surface area contributed by atoms with Crippen LogP contribution >= 0.6 is 0 Å².